The summed E-state index contributed by atoms with van der Waals surface area (Å²) in [6.45, 7) is 2.08. The summed E-state index contributed by atoms with van der Waals surface area (Å²) in [5, 5.41) is 0. The van der Waals surface area contributed by atoms with E-state index in [4.69, 9.17) is 0 Å². The Morgan fingerprint density at radius 1 is 1.06 bits per heavy atom. The minimum atomic E-state index is -0.0238. The van der Waals surface area contributed by atoms with Crippen molar-refractivity contribution in [1.29, 1.82) is 0 Å². The van der Waals surface area contributed by atoms with E-state index in [1.165, 1.54) is 10.5 Å². The van der Waals surface area contributed by atoms with Gasteiger partial charge in [0, 0.05) is 16.5 Å². The first kappa shape index (κ1) is 12.9. The molecule has 0 spiro atoms. The van der Waals surface area contributed by atoms with Gasteiger partial charge in [0.05, 0.1) is 0 Å². The minimum absolute atomic E-state index is 0.0238. The maximum atomic E-state index is 12.1. The van der Waals surface area contributed by atoms with Crippen LogP contribution in [0.15, 0.2) is 59.5 Å². The average Bonchev–Trinajstić information content (AvgIpc) is 2.39. The number of aryl methyl sites for hydroxylation is 1. The molecule has 1 unspecified atom stereocenters. The van der Waals surface area contributed by atoms with E-state index >= 15 is 0 Å². The second-order valence-electron chi connectivity index (χ2n) is 4.39. The van der Waals surface area contributed by atoms with Crippen LogP contribution in [0.3, 0.4) is 0 Å². The second kappa shape index (κ2) is 5.87. The molecule has 0 aromatic heterocycles. The highest BCUT2D eigenvalue weighted by Crippen LogP contribution is 2.15. The predicted octanol–water partition coefficient (Wildman–Crippen LogP) is 3.48. The molecule has 2 heteroatoms. The van der Waals surface area contributed by atoms with Gasteiger partial charge in [-0.2, -0.15) is 0 Å². The van der Waals surface area contributed by atoms with Crippen molar-refractivity contribution in [2.75, 3.05) is 12.0 Å². The lowest BCUT2D eigenvalue weighted by Gasteiger charge is -2.03. The van der Waals surface area contributed by atoms with E-state index in [-0.39, 0.29) is 16.7 Å². The van der Waals surface area contributed by atoms with Crippen molar-refractivity contribution >= 4 is 16.7 Å². The lowest BCUT2D eigenvalue weighted by atomic mass is 10.2. The molecule has 1 atom stereocenters. The summed E-state index contributed by atoms with van der Waals surface area (Å²) >= 11 is 0. The third-order valence-corrected chi connectivity index (χ3v) is 4.59. The molecule has 2 aromatic carbocycles. The average molecular weight is 257 g/mol. The maximum absolute atomic E-state index is 12.1. The van der Waals surface area contributed by atoms with E-state index in [1.54, 1.807) is 0 Å². The molecule has 18 heavy (non-hydrogen) atoms. The van der Waals surface area contributed by atoms with Crippen molar-refractivity contribution < 1.29 is 4.79 Å². The molecule has 0 radical (unpaired) electrons. The van der Waals surface area contributed by atoms with Gasteiger partial charge >= 0.3 is 0 Å². The number of hydrogen-bond donors (Lipinski definition) is 0. The number of benzene rings is 2. The van der Waals surface area contributed by atoms with Crippen molar-refractivity contribution in [3.05, 3.63) is 65.7 Å². The highest BCUT2D eigenvalue weighted by atomic mass is 32.2. The Balaban J connectivity index is 2.08. The van der Waals surface area contributed by atoms with Crippen molar-refractivity contribution in [1.82, 2.24) is 0 Å². The van der Waals surface area contributed by atoms with E-state index in [9.17, 15) is 4.79 Å². The van der Waals surface area contributed by atoms with Gasteiger partial charge in [-0.3, -0.25) is 4.79 Å². The second-order valence-corrected chi connectivity index (χ2v) is 6.42. The predicted molar refractivity (Wildman–Crippen MR) is 78.4 cm³/mol. The van der Waals surface area contributed by atoms with Gasteiger partial charge in [0.15, 0.2) is 10.6 Å². The molecule has 92 valence electrons. The maximum Gasteiger partial charge on any atom is 0.212 e. The van der Waals surface area contributed by atoms with E-state index in [0.717, 1.165) is 5.56 Å². The Morgan fingerprint density at radius 3 is 2.44 bits per heavy atom. The summed E-state index contributed by atoms with van der Waals surface area (Å²) in [5.41, 5.74) is 2.06. The smallest absolute Gasteiger partial charge is 0.212 e. The number of hydrogen-bond acceptors (Lipinski definition) is 1. The molecule has 0 N–H and O–H groups in total. The first-order valence-electron chi connectivity index (χ1n) is 5.94. The first-order valence-corrected chi connectivity index (χ1v) is 7.74. The summed E-state index contributed by atoms with van der Waals surface area (Å²) in [6, 6.07) is 17.9. The Hall–Kier alpha value is -1.54. The molecule has 0 aliphatic carbocycles. The molecule has 0 amide bonds. The standard InChI is InChI=1S/C16H17OS/c1-13-7-6-10-15(11-13)18(2)12-16(17)14-8-4-3-5-9-14/h3-11H,12H2,1-2H3/q+1. The number of carbonyl (C=O) groups excluding carboxylic acids is 1. The Labute approximate surface area is 111 Å². The highest BCUT2D eigenvalue weighted by molar-refractivity contribution is 7.96. The Morgan fingerprint density at radius 2 is 1.78 bits per heavy atom. The van der Waals surface area contributed by atoms with Crippen LogP contribution in [-0.2, 0) is 10.9 Å². The van der Waals surface area contributed by atoms with Gasteiger partial charge in [-0.15, -0.1) is 0 Å². The van der Waals surface area contributed by atoms with Gasteiger partial charge < -0.3 is 0 Å². The summed E-state index contributed by atoms with van der Waals surface area (Å²) in [5.74, 6) is 0.816. The topological polar surface area (TPSA) is 17.1 Å². The first-order chi connectivity index (χ1) is 8.66. The van der Waals surface area contributed by atoms with E-state index in [1.807, 2.05) is 30.3 Å². The van der Waals surface area contributed by atoms with E-state index < -0.39 is 0 Å². The lowest BCUT2D eigenvalue weighted by Crippen LogP contribution is -2.15. The molecule has 2 rings (SSSR count). The van der Waals surface area contributed by atoms with Crippen molar-refractivity contribution in [2.45, 2.75) is 11.8 Å². The molecule has 0 saturated heterocycles. The summed E-state index contributed by atoms with van der Waals surface area (Å²) in [4.78, 5) is 13.4. The van der Waals surface area contributed by atoms with Crippen molar-refractivity contribution in [2.24, 2.45) is 0 Å². The summed E-state index contributed by atoms with van der Waals surface area (Å²) < 4.78 is 0. The fraction of sp³-hybridized carbons (Fsp3) is 0.188. The van der Waals surface area contributed by atoms with Gasteiger partial charge in [-0.1, -0.05) is 42.5 Å². The molecule has 0 heterocycles. The van der Waals surface area contributed by atoms with Crippen molar-refractivity contribution in [3.63, 3.8) is 0 Å². The van der Waals surface area contributed by atoms with Gasteiger partial charge in [0.2, 0.25) is 5.78 Å². The number of ketones is 1. The van der Waals surface area contributed by atoms with Crippen LogP contribution in [0.5, 0.6) is 0 Å². The molecular formula is C16H17OS+. The zero-order valence-corrected chi connectivity index (χ0v) is 11.5. The molecule has 0 fully saturated rings. The third-order valence-electron chi connectivity index (χ3n) is 2.84. The number of rotatable bonds is 4. The van der Waals surface area contributed by atoms with E-state index in [2.05, 4.69) is 37.4 Å². The largest absolute Gasteiger partial charge is 0.289 e. The van der Waals surface area contributed by atoms with Crippen LogP contribution in [0.25, 0.3) is 0 Å². The van der Waals surface area contributed by atoms with Gasteiger partial charge in [-0.25, -0.2) is 0 Å². The van der Waals surface area contributed by atoms with Crippen LogP contribution in [0, 0.1) is 6.92 Å². The van der Waals surface area contributed by atoms with Gasteiger partial charge in [0.1, 0.15) is 6.26 Å². The Kier molecular flexibility index (Phi) is 4.21. The van der Waals surface area contributed by atoms with Crippen LogP contribution in [-0.4, -0.2) is 17.8 Å². The van der Waals surface area contributed by atoms with Crippen LogP contribution in [0.2, 0.25) is 0 Å². The molecule has 1 nitrogen and oxygen atoms in total. The number of Topliss-reactive ketones (excluding diaryl/α,β-unsaturated/α-hetero) is 1. The van der Waals surface area contributed by atoms with Crippen molar-refractivity contribution in [3.8, 4) is 0 Å². The monoisotopic (exact) mass is 257 g/mol. The fourth-order valence-corrected chi connectivity index (χ4v) is 3.24. The summed E-state index contributed by atoms with van der Waals surface area (Å²) in [6.07, 6.45) is 2.13. The van der Waals surface area contributed by atoms with E-state index in [0.29, 0.717) is 5.75 Å². The normalized spacial score (nSPS) is 12.1. The minimum Gasteiger partial charge on any atom is -0.289 e. The molecule has 0 aliphatic heterocycles. The molecule has 0 aliphatic rings. The molecular weight excluding hydrogens is 240 g/mol. The van der Waals surface area contributed by atoms with Crippen LogP contribution in [0.4, 0.5) is 0 Å². The van der Waals surface area contributed by atoms with Crippen LogP contribution < -0.4 is 0 Å². The molecule has 0 bridgehead atoms. The lowest BCUT2D eigenvalue weighted by molar-refractivity contribution is 0.102. The summed E-state index contributed by atoms with van der Waals surface area (Å²) in [7, 11) is -0.0238. The third kappa shape index (κ3) is 3.23. The zero-order valence-electron chi connectivity index (χ0n) is 10.7. The van der Waals surface area contributed by atoms with Gasteiger partial charge in [0.25, 0.3) is 0 Å². The van der Waals surface area contributed by atoms with Gasteiger partial charge in [-0.05, 0) is 24.6 Å². The molecule has 2 aromatic rings. The number of carbonyl (C=O) groups is 1. The zero-order chi connectivity index (χ0) is 13.0. The SMILES string of the molecule is Cc1cccc([S+](C)CC(=O)c2ccccc2)c1. The fourth-order valence-electron chi connectivity index (χ4n) is 1.82. The highest BCUT2D eigenvalue weighted by Gasteiger charge is 2.21. The van der Waals surface area contributed by atoms with Crippen LogP contribution >= 0.6 is 0 Å². The Bertz CT molecular complexity index is 534. The van der Waals surface area contributed by atoms with Crippen LogP contribution in [0.1, 0.15) is 15.9 Å². The molecule has 0 saturated carbocycles. The quantitative estimate of drug-likeness (QED) is 0.605.